The van der Waals surface area contributed by atoms with E-state index in [1.54, 1.807) is 0 Å². The van der Waals surface area contributed by atoms with E-state index in [2.05, 4.69) is 16.9 Å². The topological polar surface area (TPSA) is 35.5 Å². The van der Waals surface area contributed by atoms with E-state index in [4.69, 9.17) is 4.74 Å². The van der Waals surface area contributed by atoms with E-state index in [-0.39, 0.29) is 6.61 Å². The molecule has 0 saturated heterocycles. The fourth-order valence-corrected chi connectivity index (χ4v) is 1.95. The summed E-state index contributed by atoms with van der Waals surface area (Å²) in [5.74, 6) is 0.796. The summed E-state index contributed by atoms with van der Waals surface area (Å²) in [5, 5.41) is 0. The van der Waals surface area contributed by atoms with Crippen LogP contribution in [0, 0.1) is 0 Å². The minimum atomic E-state index is 0.227. The van der Waals surface area contributed by atoms with Crippen LogP contribution in [-0.4, -0.2) is 13.1 Å². The van der Waals surface area contributed by atoms with Crippen molar-refractivity contribution < 1.29 is 14.3 Å². The molecule has 0 amide bonds. The number of aryl methyl sites for hydroxylation is 1. The van der Waals surface area contributed by atoms with Crippen molar-refractivity contribution in [3.05, 3.63) is 65.7 Å². The highest BCUT2D eigenvalue weighted by atomic mass is 16.5. The quantitative estimate of drug-likeness (QED) is 0.690. The van der Waals surface area contributed by atoms with E-state index < -0.39 is 0 Å². The molecule has 3 heteroatoms. The maximum absolute atomic E-state index is 10.0. The standard InChI is InChI=1S/C17H17O3/c18-14-19-13-16-8-4-10-17(12-16)20-11-5-9-15-6-2-1-3-7-15/h1-4,6-8,10,12H,5,9,11,13H2. The zero-order valence-corrected chi connectivity index (χ0v) is 11.2. The summed E-state index contributed by atoms with van der Waals surface area (Å²) in [7, 11) is 0. The van der Waals surface area contributed by atoms with Crippen LogP contribution in [0.5, 0.6) is 5.75 Å². The predicted molar refractivity (Wildman–Crippen MR) is 77.2 cm³/mol. The van der Waals surface area contributed by atoms with Crippen LogP contribution in [-0.2, 0) is 22.6 Å². The molecule has 0 atom stereocenters. The molecular formula is C17H17O3. The minimum absolute atomic E-state index is 0.227. The van der Waals surface area contributed by atoms with E-state index in [0.29, 0.717) is 6.61 Å². The first-order chi connectivity index (χ1) is 9.88. The molecule has 0 heterocycles. The Kier molecular flexibility index (Phi) is 5.65. The van der Waals surface area contributed by atoms with Gasteiger partial charge in [0.15, 0.2) is 0 Å². The molecule has 0 saturated carbocycles. The Labute approximate surface area is 119 Å². The molecule has 20 heavy (non-hydrogen) atoms. The maximum atomic E-state index is 10.0. The number of ether oxygens (including phenoxy) is 2. The summed E-state index contributed by atoms with van der Waals surface area (Å²) in [5.41, 5.74) is 2.22. The highest BCUT2D eigenvalue weighted by Gasteiger charge is 1.98. The van der Waals surface area contributed by atoms with Gasteiger partial charge in [0.1, 0.15) is 12.4 Å². The lowest BCUT2D eigenvalue weighted by molar-refractivity contribution is 0.265. The number of hydrogen-bond donors (Lipinski definition) is 0. The van der Waals surface area contributed by atoms with Gasteiger partial charge in [-0.2, -0.15) is 0 Å². The first-order valence-corrected chi connectivity index (χ1v) is 6.63. The summed E-state index contributed by atoms with van der Waals surface area (Å²) >= 11 is 0. The molecule has 0 bridgehead atoms. The van der Waals surface area contributed by atoms with Gasteiger partial charge in [0.05, 0.1) is 6.61 Å². The third kappa shape index (κ3) is 4.76. The minimum Gasteiger partial charge on any atom is -0.494 e. The van der Waals surface area contributed by atoms with Gasteiger partial charge in [0, 0.05) is 0 Å². The van der Waals surface area contributed by atoms with Crippen LogP contribution in [0.4, 0.5) is 0 Å². The molecule has 2 aromatic rings. The fraction of sp³-hybridized carbons (Fsp3) is 0.235. The van der Waals surface area contributed by atoms with E-state index >= 15 is 0 Å². The van der Waals surface area contributed by atoms with Crippen molar-refractivity contribution in [1.82, 2.24) is 0 Å². The maximum Gasteiger partial charge on any atom is 0.417 e. The first-order valence-electron chi connectivity index (χ1n) is 6.63. The Hall–Kier alpha value is -2.29. The Balaban J connectivity index is 1.75. The molecule has 2 aromatic carbocycles. The Morgan fingerprint density at radius 1 is 0.950 bits per heavy atom. The van der Waals surface area contributed by atoms with Crippen LogP contribution in [0.1, 0.15) is 17.5 Å². The van der Waals surface area contributed by atoms with Gasteiger partial charge in [-0.3, -0.25) is 0 Å². The summed E-state index contributed by atoms with van der Waals surface area (Å²) in [6.07, 6.45) is 1.97. The third-order valence-electron chi connectivity index (χ3n) is 2.92. The first kappa shape index (κ1) is 14.1. The normalized spacial score (nSPS) is 10.0. The van der Waals surface area contributed by atoms with Gasteiger partial charge in [0.25, 0.3) is 0 Å². The van der Waals surface area contributed by atoms with Crippen molar-refractivity contribution >= 4 is 6.47 Å². The van der Waals surface area contributed by atoms with Gasteiger partial charge < -0.3 is 9.47 Å². The van der Waals surface area contributed by atoms with Gasteiger partial charge in [-0.05, 0) is 36.1 Å². The van der Waals surface area contributed by atoms with Crippen molar-refractivity contribution in [3.63, 3.8) is 0 Å². The second-order valence-corrected chi connectivity index (χ2v) is 4.46. The zero-order chi connectivity index (χ0) is 14.0. The zero-order valence-electron chi connectivity index (χ0n) is 11.2. The van der Waals surface area contributed by atoms with Crippen LogP contribution in [0.2, 0.25) is 0 Å². The largest absolute Gasteiger partial charge is 0.494 e. The van der Waals surface area contributed by atoms with Crippen LogP contribution >= 0.6 is 0 Å². The SMILES string of the molecule is O=[C]OCc1cccc(OCCCc2ccccc2)c1. The molecule has 0 fully saturated rings. The molecule has 0 aliphatic rings. The van der Waals surface area contributed by atoms with Crippen molar-refractivity contribution in [3.8, 4) is 5.75 Å². The van der Waals surface area contributed by atoms with Crippen LogP contribution in [0.15, 0.2) is 54.6 Å². The molecule has 0 unspecified atom stereocenters. The molecule has 1 radical (unpaired) electrons. The molecule has 0 aliphatic heterocycles. The van der Waals surface area contributed by atoms with Crippen molar-refractivity contribution in [1.29, 1.82) is 0 Å². The fourth-order valence-electron chi connectivity index (χ4n) is 1.95. The molecule has 0 spiro atoms. The number of hydrogen-bond acceptors (Lipinski definition) is 3. The van der Waals surface area contributed by atoms with Gasteiger partial charge >= 0.3 is 6.47 Å². The van der Waals surface area contributed by atoms with Crippen molar-refractivity contribution in [2.24, 2.45) is 0 Å². The van der Waals surface area contributed by atoms with Crippen LogP contribution in [0.3, 0.4) is 0 Å². The lowest BCUT2D eigenvalue weighted by Crippen LogP contribution is -2.00. The molecule has 0 N–H and O–H groups in total. The van der Waals surface area contributed by atoms with Crippen molar-refractivity contribution in [2.75, 3.05) is 6.61 Å². The smallest absolute Gasteiger partial charge is 0.417 e. The molecule has 3 nitrogen and oxygen atoms in total. The van der Waals surface area contributed by atoms with Gasteiger partial charge in [-0.15, -0.1) is 0 Å². The number of benzene rings is 2. The molecule has 0 aliphatic carbocycles. The lowest BCUT2D eigenvalue weighted by atomic mass is 10.1. The monoisotopic (exact) mass is 269 g/mol. The van der Waals surface area contributed by atoms with Crippen molar-refractivity contribution in [2.45, 2.75) is 19.4 Å². The van der Waals surface area contributed by atoms with Crippen LogP contribution < -0.4 is 4.74 Å². The van der Waals surface area contributed by atoms with Gasteiger partial charge in [0.2, 0.25) is 0 Å². The van der Waals surface area contributed by atoms with E-state index in [9.17, 15) is 4.79 Å². The summed E-state index contributed by atoms with van der Waals surface area (Å²) in [6, 6.07) is 17.9. The second kappa shape index (κ2) is 8.00. The number of carbonyl (C=O) groups excluding carboxylic acids is 1. The second-order valence-electron chi connectivity index (χ2n) is 4.46. The Bertz CT molecular complexity index is 523. The Morgan fingerprint density at radius 2 is 1.75 bits per heavy atom. The van der Waals surface area contributed by atoms with E-state index in [1.165, 1.54) is 12.0 Å². The highest BCUT2D eigenvalue weighted by molar-refractivity contribution is 5.39. The number of rotatable bonds is 8. The van der Waals surface area contributed by atoms with E-state index in [0.717, 1.165) is 24.2 Å². The molecular weight excluding hydrogens is 252 g/mol. The van der Waals surface area contributed by atoms with E-state index in [1.807, 2.05) is 42.5 Å². The van der Waals surface area contributed by atoms with Gasteiger partial charge in [-0.1, -0.05) is 42.5 Å². The highest BCUT2D eigenvalue weighted by Crippen LogP contribution is 2.14. The molecule has 103 valence electrons. The summed E-state index contributed by atoms with van der Waals surface area (Å²) in [4.78, 5) is 10.0. The molecule has 2 rings (SSSR count). The predicted octanol–water partition coefficient (Wildman–Crippen LogP) is 3.28. The average Bonchev–Trinajstić information content (AvgIpc) is 2.51. The van der Waals surface area contributed by atoms with Gasteiger partial charge in [-0.25, -0.2) is 4.79 Å². The molecule has 0 aromatic heterocycles. The summed E-state index contributed by atoms with van der Waals surface area (Å²) < 4.78 is 10.3. The van der Waals surface area contributed by atoms with Crippen LogP contribution in [0.25, 0.3) is 0 Å². The Morgan fingerprint density at radius 3 is 2.55 bits per heavy atom. The third-order valence-corrected chi connectivity index (χ3v) is 2.92. The lowest BCUT2D eigenvalue weighted by Gasteiger charge is -2.07. The average molecular weight is 269 g/mol. The summed E-state index contributed by atoms with van der Waals surface area (Å²) in [6.45, 7) is 2.31.